The maximum Gasteiger partial charge on any atom is 0.361 e. The van der Waals surface area contributed by atoms with Crippen LogP contribution in [0.4, 0.5) is 0 Å². The largest absolute Gasteiger partial charge is 0.477 e. The molecular weight excluding hydrogens is 316 g/mol. The number of ether oxygens (including phenoxy) is 2. The first-order valence-corrected chi connectivity index (χ1v) is 9.54. The van der Waals surface area contributed by atoms with E-state index in [4.69, 9.17) is 14.6 Å². The molecule has 0 aliphatic rings. The number of unbranched alkanes of at least 4 members (excludes halogenated alkanes) is 6. The van der Waals surface area contributed by atoms with Gasteiger partial charge in [-0.15, -0.1) is 0 Å². The van der Waals surface area contributed by atoms with E-state index in [9.17, 15) is 4.79 Å². The maximum atomic E-state index is 10.7. The van der Waals surface area contributed by atoms with Crippen molar-refractivity contribution in [2.75, 3.05) is 13.7 Å². The Balaban J connectivity index is 3.32. The summed E-state index contributed by atoms with van der Waals surface area (Å²) >= 11 is 0. The summed E-state index contributed by atoms with van der Waals surface area (Å²) in [5.41, 5.74) is 0. The van der Waals surface area contributed by atoms with Crippen molar-refractivity contribution >= 4 is 5.97 Å². The predicted octanol–water partition coefficient (Wildman–Crippen LogP) is 5.65. The molecule has 4 heteroatoms. The molecule has 0 saturated heterocycles. The second kappa shape index (κ2) is 18.9. The highest BCUT2D eigenvalue weighted by Crippen LogP contribution is 2.08. The Hall–Kier alpha value is -1.39. The van der Waals surface area contributed by atoms with E-state index in [1.165, 1.54) is 32.8 Å². The van der Waals surface area contributed by atoms with Crippen LogP contribution in [0, 0.1) is 0 Å². The molecule has 0 aliphatic heterocycles. The number of methoxy groups -OCH3 is 1. The van der Waals surface area contributed by atoms with Crippen LogP contribution in [0.2, 0.25) is 0 Å². The van der Waals surface area contributed by atoms with E-state index in [-0.39, 0.29) is 0 Å². The Morgan fingerprint density at radius 1 is 0.880 bits per heavy atom. The van der Waals surface area contributed by atoms with Gasteiger partial charge in [-0.1, -0.05) is 69.1 Å². The van der Waals surface area contributed by atoms with Crippen molar-refractivity contribution < 1.29 is 19.4 Å². The highest BCUT2D eigenvalue weighted by Gasteiger charge is 2.15. The van der Waals surface area contributed by atoms with Crippen molar-refractivity contribution in [3.63, 3.8) is 0 Å². The molecule has 0 aliphatic carbocycles. The minimum atomic E-state index is -1.13. The van der Waals surface area contributed by atoms with Crippen LogP contribution in [0.3, 0.4) is 0 Å². The average Bonchev–Trinajstić information content (AvgIpc) is 2.60. The molecule has 144 valence electrons. The Morgan fingerprint density at radius 2 is 1.44 bits per heavy atom. The van der Waals surface area contributed by atoms with E-state index in [0.29, 0.717) is 6.61 Å². The minimum absolute atomic E-state index is 0.440. The normalized spacial score (nSPS) is 13.4. The minimum Gasteiger partial charge on any atom is -0.477 e. The van der Waals surface area contributed by atoms with Crippen LogP contribution in [-0.4, -0.2) is 31.1 Å². The topological polar surface area (TPSA) is 55.8 Å². The number of aliphatic carboxylic acids is 1. The molecule has 1 N–H and O–H groups in total. The third-order valence-electron chi connectivity index (χ3n) is 3.73. The number of hydrogen-bond acceptors (Lipinski definition) is 3. The van der Waals surface area contributed by atoms with Gasteiger partial charge in [-0.2, -0.15) is 0 Å². The van der Waals surface area contributed by atoms with Gasteiger partial charge in [-0.25, -0.2) is 4.79 Å². The van der Waals surface area contributed by atoms with Crippen molar-refractivity contribution in [2.24, 2.45) is 0 Å². The summed E-state index contributed by atoms with van der Waals surface area (Å²) in [5, 5.41) is 8.75. The lowest BCUT2D eigenvalue weighted by Gasteiger charge is -2.11. The lowest BCUT2D eigenvalue weighted by Crippen LogP contribution is -2.26. The number of carbonyl (C=O) groups is 1. The zero-order valence-electron chi connectivity index (χ0n) is 16.0. The second-order valence-electron chi connectivity index (χ2n) is 5.98. The van der Waals surface area contributed by atoms with Crippen LogP contribution < -0.4 is 0 Å². The number of carboxylic acids is 1. The van der Waals surface area contributed by atoms with E-state index in [0.717, 1.165) is 38.5 Å². The summed E-state index contributed by atoms with van der Waals surface area (Å²) in [4.78, 5) is 10.7. The van der Waals surface area contributed by atoms with E-state index in [1.807, 2.05) is 0 Å². The van der Waals surface area contributed by atoms with Crippen molar-refractivity contribution in [3.05, 3.63) is 36.5 Å². The molecule has 0 fully saturated rings. The molecule has 0 amide bonds. The molecule has 0 aromatic carbocycles. The van der Waals surface area contributed by atoms with Gasteiger partial charge in [0, 0.05) is 7.11 Å². The molecule has 1 unspecified atom stereocenters. The molecule has 0 spiro atoms. The number of hydrogen-bond donors (Lipinski definition) is 1. The molecule has 0 radical (unpaired) electrons. The summed E-state index contributed by atoms with van der Waals surface area (Å²) in [6.45, 7) is 2.59. The lowest BCUT2D eigenvalue weighted by atomic mass is 10.1. The monoisotopic (exact) mass is 352 g/mol. The number of rotatable bonds is 17. The zero-order valence-corrected chi connectivity index (χ0v) is 16.0. The summed E-state index contributed by atoms with van der Waals surface area (Å²) < 4.78 is 9.84. The summed E-state index contributed by atoms with van der Waals surface area (Å²) in [6.07, 6.45) is 23.4. The van der Waals surface area contributed by atoms with Crippen molar-refractivity contribution in [3.8, 4) is 0 Å². The van der Waals surface area contributed by atoms with E-state index in [1.54, 1.807) is 0 Å². The molecule has 0 aromatic rings. The predicted molar refractivity (Wildman–Crippen MR) is 104 cm³/mol. The number of carboxylic acid groups (broad SMARTS) is 1. The first-order chi connectivity index (χ1) is 12.2. The van der Waals surface area contributed by atoms with Crippen LogP contribution in [0.1, 0.15) is 71.1 Å². The van der Waals surface area contributed by atoms with Crippen molar-refractivity contribution in [1.29, 1.82) is 0 Å². The van der Waals surface area contributed by atoms with E-state index < -0.39 is 12.3 Å². The molecular formula is C21H36O4. The van der Waals surface area contributed by atoms with Crippen LogP contribution in [0.5, 0.6) is 0 Å². The Labute approximate surface area is 153 Å². The Bertz CT molecular complexity index is 385. The van der Waals surface area contributed by atoms with Gasteiger partial charge >= 0.3 is 5.97 Å². The fraction of sp³-hybridized carbons (Fsp3) is 0.667. The fourth-order valence-electron chi connectivity index (χ4n) is 2.33. The Kier molecular flexibility index (Phi) is 17.9. The molecule has 0 rings (SSSR count). The van der Waals surface area contributed by atoms with Crippen LogP contribution in [-0.2, 0) is 14.3 Å². The third-order valence-corrected chi connectivity index (χ3v) is 3.73. The average molecular weight is 353 g/mol. The number of allylic oxidation sites excluding steroid dienone is 6. The molecule has 0 heterocycles. The maximum absolute atomic E-state index is 10.7. The molecule has 25 heavy (non-hydrogen) atoms. The van der Waals surface area contributed by atoms with Crippen LogP contribution in [0.15, 0.2) is 36.5 Å². The molecule has 4 nitrogen and oxygen atoms in total. The standard InChI is InChI=1S/C21H36O4/c1-3-4-5-6-7-8-9-10-11-12-13-14-15-16-17-18-19-25-21(24-2)20(22)23/h4-5,7-8,10-11,21H,3,6,9,12-19H2,1-2H3,(H,22,23)/b5-4-,8-7-,11-10-. The third kappa shape index (κ3) is 17.2. The van der Waals surface area contributed by atoms with Gasteiger partial charge in [-0.3, -0.25) is 0 Å². The Morgan fingerprint density at radius 3 is 2.04 bits per heavy atom. The first kappa shape index (κ1) is 23.6. The highest BCUT2D eigenvalue weighted by atomic mass is 16.7. The fourth-order valence-corrected chi connectivity index (χ4v) is 2.33. The van der Waals surface area contributed by atoms with Gasteiger partial charge < -0.3 is 14.6 Å². The van der Waals surface area contributed by atoms with Crippen molar-refractivity contribution in [1.82, 2.24) is 0 Å². The van der Waals surface area contributed by atoms with Gasteiger partial charge in [0.05, 0.1) is 6.61 Å². The lowest BCUT2D eigenvalue weighted by molar-refractivity contribution is -0.183. The van der Waals surface area contributed by atoms with Crippen LogP contribution in [0.25, 0.3) is 0 Å². The van der Waals surface area contributed by atoms with Gasteiger partial charge in [0.2, 0.25) is 0 Å². The van der Waals surface area contributed by atoms with Gasteiger partial charge in [0.1, 0.15) is 0 Å². The van der Waals surface area contributed by atoms with Gasteiger partial charge in [0.25, 0.3) is 6.29 Å². The van der Waals surface area contributed by atoms with E-state index >= 15 is 0 Å². The summed E-state index contributed by atoms with van der Waals surface area (Å²) in [5.74, 6) is -1.07. The smallest absolute Gasteiger partial charge is 0.361 e. The SMILES string of the molecule is CC/C=C\C/C=C\C/C=C\CCCCCCCCOC(OC)C(=O)O. The van der Waals surface area contributed by atoms with Gasteiger partial charge in [0.15, 0.2) is 0 Å². The highest BCUT2D eigenvalue weighted by molar-refractivity contribution is 5.70. The second-order valence-corrected chi connectivity index (χ2v) is 5.98. The van der Waals surface area contributed by atoms with Gasteiger partial charge in [-0.05, 0) is 38.5 Å². The zero-order chi connectivity index (χ0) is 18.6. The molecule has 0 bridgehead atoms. The van der Waals surface area contributed by atoms with Crippen LogP contribution >= 0.6 is 0 Å². The first-order valence-electron chi connectivity index (χ1n) is 9.54. The quantitative estimate of drug-likeness (QED) is 0.209. The molecule has 1 atom stereocenters. The summed E-state index contributed by atoms with van der Waals surface area (Å²) in [7, 11) is 1.34. The van der Waals surface area contributed by atoms with E-state index in [2.05, 4.69) is 43.4 Å². The van der Waals surface area contributed by atoms with Crippen molar-refractivity contribution in [2.45, 2.75) is 77.4 Å². The molecule has 0 saturated carbocycles. The molecule has 0 aromatic heterocycles. The summed E-state index contributed by atoms with van der Waals surface area (Å²) in [6, 6.07) is 0.